The molecule has 1 spiro atoms. The van der Waals surface area contributed by atoms with Gasteiger partial charge in [0.25, 0.3) is 0 Å². The van der Waals surface area contributed by atoms with Gasteiger partial charge in [-0.1, -0.05) is 25.3 Å². The number of hydrogen-bond donors (Lipinski definition) is 1. The van der Waals surface area contributed by atoms with Gasteiger partial charge >= 0.3 is 0 Å². The number of nitrogens with zero attached hydrogens (tertiary/aromatic N) is 1. The van der Waals surface area contributed by atoms with Crippen LogP contribution < -0.4 is 15.0 Å². The fourth-order valence-electron chi connectivity index (χ4n) is 3.55. The predicted octanol–water partition coefficient (Wildman–Crippen LogP) is 2.81. The summed E-state index contributed by atoms with van der Waals surface area (Å²) in [6.07, 6.45) is 6.81. The Kier molecular flexibility index (Phi) is 3.65. The van der Waals surface area contributed by atoms with E-state index in [0.717, 1.165) is 25.4 Å². The largest absolute Gasteiger partial charge is 0.497 e. The molecule has 1 heterocycles. The number of anilines is 1. The molecule has 2 fully saturated rings. The van der Waals surface area contributed by atoms with Crippen molar-refractivity contribution in [3.05, 3.63) is 24.3 Å². The molecule has 0 bridgehead atoms. The Labute approximate surface area is 115 Å². The van der Waals surface area contributed by atoms with Crippen LogP contribution in [0.2, 0.25) is 0 Å². The lowest BCUT2D eigenvalue weighted by molar-refractivity contribution is 0.216. The van der Waals surface area contributed by atoms with Crippen molar-refractivity contribution >= 4 is 5.69 Å². The SMILES string of the molecule is COc1cccc(N2CCNC3(CCCCC3)C2)c1. The number of piperazine rings is 1. The van der Waals surface area contributed by atoms with Crippen LogP contribution >= 0.6 is 0 Å². The van der Waals surface area contributed by atoms with E-state index < -0.39 is 0 Å². The van der Waals surface area contributed by atoms with Crippen molar-refractivity contribution in [3.63, 3.8) is 0 Å². The average Bonchev–Trinajstić information content (AvgIpc) is 2.48. The van der Waals surface area contributed by atoms with Crippen LogP contribution in [0, 0.1) is 0 Å². The minimum atomic E-state index is 0.361. The lowest BCUT2D eigenvalue weighted by Crippen LogP contribution is -2.61. The second-order valence-electron chi connectivity index (χ2n) is 5.89. The minimum absolute atomic E-state index is 0.361. The van der Waals surface area contributed by atoms with E-state index in [9.17, 15) is 0 Å². The van der Waals surface area contributed by atoms with Crippen LogP contribution in [0.4, 0.5) is 5.69 Å². The maximum Gasteiger partial charge on any atom is 0.120 e. The monoisotopic (exact) mass is 260 g/mol. The molecule has 0 aromatic heterocycles. The maximum atomic E-state index is 5.34. The van der Waals surface area contributed by atoms with E-state index >= 15 is 0 Å². The molecule has 1 aliphatic heterocycles. The number of nitrogens with one attached hydrogen (secondary N) is 1. The van der Waals surface area contributed by atoms with Crippen molar-refractivity contribution in [2.24, 2.45) is 0 Å². The molecule has 1 aromatic rings. The highest BCUT2D eigenvalue weighted by Crippen LogP contribution is 2.32. The molecule has 3 nitrogen and oxygen atoms in total. The molecule has 0 radical (unpaired) electrons. The van der Waals surface area contributed by atoms with Gasteiger partial charge in [-0.2, -0.15) is 0 Å². The van der Waals surface area contributed by atoms with Gasteiger partial charge in [0, 0.05) is 36.9 Å². The van der Waals surface area contributed by atoms with Crippen molar-refractivity contribution in [2.75, 3.05) is 31.6 Å². The molecule has 1 aromatic carbocycles. The summed E-state index contributed by atoms with van der Waals surface area (Å²) in [5.74, 6) is 0.953. The quantitative estimate of drug-likeness (QED) is 0.885. The molecule has 104 valence electrons. The van der Waals surface area contributed by atoms with Crippen LogP contribution in [-0.2, 0) is 0 Å². The zero-order valence-corrected chi connectivity index (χ0v) is 11.8. The van der Waals surface area contributed by atoms with Crippen LogP contribution in [0.3, 0.4) is 0 Å². The van der Waals surface area contributed by atoms with Crippen LogP contribution in [0.5, 0.6) is 5.75 Å². The first kappa shape index (κ1) is 12.8. The fraction of sp³-hybridized carbons (Fsp3) is 0.625. The third kappa shape index (κ3) is 2.71. The normalized spacial score (nSPS) is 22.5. The van der Waals surface area contributed by atoms with Gasteiger partial charge in [0.2, 0.25) is 0 Å². The highest BCUT2D eigenvalue weighted by Gasteiger charge is 2.36. The Morgan fingerprint density at radius 1 is 1.21 bits per heavy atom. The summed E-state index contributed by atoms with van der Waals surface area (Å²) >= 11 is 0. The zero-order chi connectivity index (χ0) is 13.1. The lowest BCUT2D eigenvalue weighted by Gasteiger charge is -2.47. The van der Waals surface area contributed by atoms with Crippen molar-refractivity contribution in [2.45, 2.75) is 37.6 Å². The second-order valence-corrected chi connectivity index (χ2v) is 5.89. The number of rotatable bonds is 2. The summed E-state index contributed by atoms with van der Waals surface area (Å²) in [7, 11) is 1.74. The highest BCUT2D eigenvalue weighted by atomic mass is 16.5. The van der Waals surface area contributed by atoms with Crippen LogP contribution in [0.25, 0.3) is 0 Å². The molecule has 19 heavy (non-hydrogen) atoms. The van der Waals surface area contributed by atoms with E-state index in [1.807, 2.05) is 6.07 Å². The number of methoxy groups -OCH3 is 1. The predicted molar refractivity (Wildman–Crippen MR) is 79.0 cm³/mol. The molecule has 0 amide bonds. The van der Waals surface area contributed by atoms with Crippen molar-refractivity contribution in [1.29, 1.82) is 0 Å². The molecule has 2 aliphatic rings. The fourth-order valence-corrected chi connectivity index (χ4v) is 3.55. The van der Waals surface area contributed by atoms with Gasteiger partial charge in [-0.05, 0) is 25.0 Å². The van der Waals surface area contributed by atoms with Gasteiger partial charge in [-0.15, -0.1) is 0 Å². The maximum absolute atomic E-state index is 5.34. The molecule has 3 heteroatoms. The first-order valence-electron chi connectivity index (χ1n) is 7.45. The first-order valence-corrected chi connectivity index (χ1v) is 7.45. The van der Waals surface area contributed by atoms with Crippen LogP contribution in [-0.4, -0.2) is 32.3 Å². The van der Waals surface area contributed by atoms with E-state index in [2.05, 4.69) is 28.4 Å². The molecular formula is C16H24N2O. The average molecular weight is 260 g/mol. The van der Waals surface area contributed by atoms with E-state index in [-0.39, 0.29) is 0 Å². The standard InChI is InChI=1S/C16H24N2O/c1-19-15-7-5-6-14(12-15)18-11-10-17-16(13-18)8-3-2-4-9-16/h5-7,12,17H,2-4,8-11,13H2,1H3. The summed E-state index contributed by atoms with van der Waals surface area (Å²) in [6.45, 7) is 3.33. The number of ether oxygens (including phenoxy) is 1. The van der Waals surface area contributed by atoms with Gasteiger partial charge in [0.05, 0.1) is 7.11 Å². The Morgan fingerprint density at radius 3 is 2.84 bits per heavy atom. The lowest BCUT2D eigenvalue weighted by atomic mass is 9.80. The summed E-state index contributed by atoms with van der Waals surface area (Å²) in [5, 5.41) is 3.79. The van der Waals surface area contributed by atoms with Gasteiger partial charge in [-0.3, -0.25) is 0 Å². The summed E-state index contributed by atoms with van der Waals surface area (Å²) < 4.78 is 5.34. The van der Waals surface area contributed by atoms with Crippen molar-refractivity contribution < 1.29 is 4.74 Å². The second kappa shape index (κ2) is 5.41. The summed E-state index contributed by atoms with van der Waals surface area (Å²) in [6, 6.07) is 8.46. The molecule has 3 rings (SSSR count). The number of benzene rings is 1. The topological polar surface area (TPSA) is 24.5 Å². The Balaban J connectivity index is 1.76. The zero-order valence-electron chi connectivity index (χ0n) is 11.8. The smallest absolute Gasteiger partial charge is 0.120 e. The molecule has 1 saturated heterocycles. The third-order valence-electron chi connectivity index (χ3n) is 4.60. The Hall–Kier alpha value is -1.22. The Bertz CT molecular complexity index is 421. The van der Waals surface area contributed by atoms with E-state index in [0.29, 0.717) is 5.54 Å². The van der Waals surface area contributed by atoms with Crippen LogP contribution in [0.1, 0.15) is 32.1 Å². The molecule has 0 unspecified atom stereocenters. The molecule has 1 saturated carbocycles. The van der Waals surface area contributed by atoms with Gasteiger partial charge in [-0.25, -0.2) is 0 Å². The Morgan fingerprint density at radius 2 is 2.05 bits per heavy atom. The molecule has 1 N–H and O–H groups in total. The highest BCUT2D eigenvalue weighted by molar-refractivity contribution is 5.51. The third-order valence-corrected chi connectivity index (χ3v) is 4.60. The van der Waals surface area contributed by atoms with Gasteiger partial charge in [0.15, 0.2) is 0 Å². The van der Waals surface area contributed by atoms with E-state index in [4.69, 9.17) is 4.74 Å². The van der Waals surface area contributed by atoms with Crippen molar-refractivity contribution in [1.82, 2.24) is 5.32 Å². The van der Waals surface area contributed by atoms with Crippen molar-refractivity contribution in [3.8, 4) is 5.75 Å². The summed E-state index contributed by atoms with van der Waals surface area (Å²) in [5.41, 5.74) is 1.66. The molecule has 0 atom stereocenters. The first-order chi connectivity index (χ1) is 9.31. The minimum Gasteiger partial charge on any atom is -0.497 e. The van der Waals surface area contributed by atoms with Gasteiger partial charge < -0.3 is 15.0 Å². The van der Waals surface area contributed by atoms with Gasteiger partial charge in [0.1, 0.15) is 5.75 Å². The van der Waals surface area contributed by atoms with Crippen LogP contribution in [0.15, 0.2) is 24.3 Å². The molecule has 1 aliphatic carbocycles. The van der Waals surface area contributed by atoms with E-state index in [1.165, 1.54) is 37.8 Å². The van der Waals surface area contributed by atoms with E-state index in [1.54, 1.807) is 7.11 Å². The molecular weight excluding hydrogens is 236 g/mol. The number of hydrogen-bond acceptors (Lipinski definition) is 3. The summed E-state index contributed by atoms with van der Waals surface area (Å²) in [4.78, 5) is 2.52.